The molecule has 47 heavy (non-hydrogen) atoms. The maximum atomic E-state index is 12.5. The van der Waals surface area contributed by atoms with Crippen molar-refractivity contribution in [3.8, 4) is 0 Å². The number of nitrogens with zero attached hydrogens (tertiary/aromatic N) is 1. The normalized spacial score (nSPS) is 14.9. The van der Waals surface area contributed by atoms with Crippen LogP contribution in [-0.2, 0) is 27.9 Å². The molecule has 0 aromatic carbocycles. The van der Waals surface area contributed by atoms with Crippen LogP contribution in [0.4, 0.5) is 0 Å². The molecule has 0 aromatic heterocycles. The molecule has 2 atom stereocenters. The molecule has 0 aliphatic heterocycles. The third kappa shape index (κ3) is 35.1. The van der Waals surface area contributed by atoms with E-state index in [2.05, 4.69) is 74.6 Å². The number of phosphoric ester groups is 1. The summed E-state index contributed by atoms with van der Waals surface area (Å²) in [7, 11) is 1.61. The lowest BCUT2D eigenvalue weighted by atomic mass is 10.1. The van der Waals surface area contributed by atoms with Crippen molar-refractivity contribution in [1.82, 2.24) is 0 Å². The number of hydrogen-bond acceptors (Lipinski definition) is 6. The van der Waals surface area contributed by atoms with Crippen LogP contribution in [0.25, 0.3) is 0 Å². The number of carbonyl (C=O) groups is 1. The van der Waals surface area contributed by atoms with E-state index in [-0.39, 0.29) is 26.2 Å². The molecular formula is C38H67NO7P+. The molecule has 0 saturated carbocycles. The number of likely N-dealkylation sites (N-methyl/N-ethyl adjacent to an activating group) is 1. The number of ether oxygens (including phenoxy) is 2. The zero-order valence-corrected chi connectivity index (χ0v) is 31.1. The van der Waals surface area contributed by atoms with E-state index < -0.39 is 19.9 Å². The smallest absolute Gasteiger partial charge is 0.457 e. The SMILES string of the molecule is CC/C=C\C/C=C\C/C=C\C/C=C\C/C=C\C/C=C\CCC(=O)OC(COCCCCCCCC)COP(=O)(O)OCC[N+](C)(C)C. The lowest BCUT2D eigenvalue weighted by molar-refractivity contribution is -0.870. The van der Waals surface area contributed by atoms with Crippen molar-refractivity contribution < 1.29 is 37.3 Å². The van der Waals surface area contributed by atoms with Crippen LogP contribution in [0, 0.1) is 0 Å². The maximum absolute atomic E-state index is 12.5. The van der Waals surface area contributed by atoms with E-state index in [9.17, 15) is 14.3 Å². The van der Waals surface area contributed by atoms with Gasteiger partial charge in [0.25, 0.3) is 0 Å². The molecule has 0 saturated heterocycles. The van der Waals surface area contributed by atoms with Crippen LogP contribution in [0.5, 0.6) is 0 Å². The zero-order valence-electron chi connectivity index (χ0n) is 30.2. The van der Waals surface area contributed by atoms with Crippen LogP contribution in [-0.4, -0.2) is 75.6 Å². The molecule has 1 N–H and O–H groups in total. The first-order valence-electron chi connectivity index (χ1n) is 17.7. The summed E-state index contributed by atoms with van der Waals surface area (Å²) in [6.07, 6.45) is 38.2. The fourth-order valence-corrected chi connectivity index (χ4v) is 4.79. The summed E-state index contributed by atoms with van der Waals surface area (Å²) in [5.41, 5.74) is 0. The van der Waals surface area contributed by atoms with Gasteiger partial charge in [-0.05, 0) is 51.4 Å². The fourth-order valence-electron chi connectivity index (χ4n) is 4.05. The van der Waals surface area contributed by atoms with Crippen LogP contribution in [0.2, 0.25) is 0 Å². The largest absolute Gasteiger partial charge is 0.472 e. The summed E-state index contributed by atoms with van der Waals surface area (Å²) in [5.74, 6) is -0.403. The summed E-state index contributed by atoms with van der Waals surface area (Å²) in [6, 6.07) is 0. The number of esters is 1. The van der Waals surface area contributed by atoms with Gasteiger partial charge >= 0.3 is 13.8 Å². The van der Waals surface area contributed by atoms with Crippen molar-refractivity contribution in [3.63, 3.8) is 0 Å². The molecule has 0 fully saturated rings. The van der Waals surface area contributed by atoms with Gasteiger partial charge in [0.15, 0.2) is 0 Å². The molecule has 2 unspecified atom stereocenters. The second kappa shape index (κ2) is 31.2. The summed E-state index contributed by atoms with van der Waals surface area (Å²) >= 11 is 0. The minimum atomic E-state index is -4.28. The molecule has 0 spiro atoms. The van der Waals surface area contributed by atoms with Gasteiger partial charge in [-0.15, -0.1) is 0 Å². The predicted molar refractivity (Wildman–Crippen MR) is 196 cm³/mol. The maximum Gasteiger partial charge on any atom is 0.472 e. The Labute approximate surface area is 287 Å². The minimum absolute atomic E-state index is 0.0716. The highest BCUT2D eigenvalue weighted by Crippen LogP contribution is 2.43. The summed E-state index contributed by atoms with van der Waals surface area (Å²) in [4.78, 5) is 22.6. The summed E-state index contributed by atoms with van der Waals surface area (Å²) in [5, 5.41) is 0. The Morgan fingerprint density at radius 3 is 1.72 bits per heavy atom. The molecular weight excluding hydrogens is 613 g/mol. The highest BCUT2D eigenvalue weighted by Gasteiger charge is 2.26. The molecule has 0 aromatic rings. The predicted octanol–water partition coefficient (Wildman–Crippen LogP) is 9.59. The number of phosphoric acid groups is 1. The summed E-state index contributed by atoms with van der Waals surface area (Å²) < 4.78 is 34.5. The van der Waals surface area contributed by atoms with Crippen LogP contribution in [0.3, 0.4) is 0 Å². The van der Waals surface area contributed by atoms with Gasteiger partial charge in [0, 0.05) is 13.0 Å². The number of carbonyl (C=O) groups excluding carboxylic acids is 1. The van der Waals surface area contributed by atoms with Crippen molar-refractivity contribution >= 4 is 13.8 Å². The van der Waals surface area contributed by atoms with Gasteiger partial charge in [0.05, 0.1) is 34.4 Å². The van der Waals surface area contributed by atoms with E-state index in [0.29, 0.717) is 24.1 Å². The second-order valence-electron chi connectivity index (χ2n) is 12.5. The fraction of sp³-hybridized carbons (Fsp3) is 0.658. The Hall–Kier alpha value is -2.06. The third-order valence-corrected chi connectivity index (χ3v) is 7.78. The first-order valence-corrected chi connectivity index (χ1v) is 19.2. The average molecular weight is 681 g/mol. The van der Waals surface area contributed by atoms with E-state index in [0.717, 1.165) is 51.4 Å². The highest BCUT2D eigenvalue weighted by atomic mass is 31.2. The highest BCUT2D eigenvalue weighted by molar-refractivity contribution is 7.47. The van der Waals surface area contributed by atoms with E-state index in [1.54, 1.807) is 0 Å². The summed E-state index contributed by atoms with van der Waals surface area (Å²) in [6.45, 7) is 5.31. The van der Waals surface area contributed by atoms with Crippen LogP contribution in [0.1, 0.15) is 104 Å². The number of allylic oxidation sites excluding steroid dienone is 12. The minimum Gasteiger partial charge on any atom is -0.457 e. The molecule has 0 rings (SSSR count). The number of rotatable bonds is 31. The van der Waals surface area contributed by atoms with E-state index >= 15 is 0 Å². The number of quaternary nitrogens is 1. The Kier molecular flexibility index (Phi) is 29.9. The van der Waals surface area contributed by atoms with Crippen molar-refractivity contribution in [2.45, 2.75) is 110 Å². The Bertz CT molecular complexity index is 979. The topological polar surface area (TPSA) is 91.3 Å². The molecule has 0 bridgehead atoms. The van der Waals surface area contributed by atoms with Crippen molar-refractivity contribution in [1.29, 1.82) is 0 Å². The van der Waals surface area contributed by atoms with Crippen LogP contribution < -0.4 is 0 Å². The average Bonchev–Trinajstić information content (AvgIpc) is 3.01. The van der Waals surface area contributed by atoms with Gasteiger partial charge in [-0.3, -0.25) is 13.8 Å². The Morgan fingerprint density at radius 2 is 1.19 bits per heavy atom. The van der Waals surface area contributed by atoms with Crippen molar-refractivity contribution in [2.75, 3.05) is 54.1 Å². The quantitative estimate of drug-likeness (QED) is 0.0256. The molecule has 0 heterocycles. The van der Waals surface area contributed by atoms with E-state index in [1.165, 1.54) is 25.7 Å². The zero-order chi connectivity index (χ0) is 34.9. The van der Waals surface area contributed by atoms with Crippen molar-refractivity contribution in [3.05, 3.63) is 72.9 Å². The van der Waals surface area contributed by atoms with Gasteiger partial charge in [-0.2, -0.15) is 0 Å². The molecule has 0 aliphatic rings. The molecule has 0 amide bonds. The number of unbranched alkanes of at least 4 members (excludes halogenated alkanes) is 5. The van der Waals surface area contributed by atoms with E-state index in [4.69, 9.17) is 18.5 Å². The van der Waals surface area contributed by atoms with Gasteiger partial charge in [-0.1, -0.05) is 119 Å². The molecule has 0 radical (unpaired) electrons. The van der Waals surface area contributed by atoms with Crippen LogP contribution >= 0.6 is 7.82 Å². The first-order chi connectivity index (χ1) is 22.6. The lowest BCUT2D eigenvalue weighted by Gasteiger charge is -2.24. The van der Waals surface area contributed by atoms with Gasteiger partial charge in [0.2, 0.25) is 0 Å². The monoisotopic (exact) mass is 680 g/mol. The van der Waals surface area contributed by atoms with Gasteiger partial charge in [0.1, 0.15) is 19.3 Å². The molecule has 9 heteroatoms. The first kappa shape index (κ1) is 44.9. The van der Waals surface area contributed by atoms with Gasteiger partial charge in [-0.25, -0.2) is 4.57 Å². The molecule has 0 aliphatic carbocycles. The van der Waals surface area contributed by atoms with Gasteiger partial charge < -0.3 is 18.9 Å². The second-order valence-corrected chi connectivity index (χ2v) is 14.0. The molecule has 270 valence electrons. The number of hydrogen-bond donors (Lipinski definition) is 1. The Morgan fingerprint density at radius 1 is 0.681 bits per heavy atom. The van der Waals surface area contributed by atoms with Crippen LogP contribution in [0.15, 0.2) is 72.9 Å². The lowest BCUT2D eigenvalue weighted by Crippen LogP contribution is -2.37. The standard InChI is InChI=1S/C38H66NO7P/c1-6-8-10-12-14-15-16-17-18-19-20-21-22-23-24-25-26-27-29-31-38(40)46-37(35-43-33-30-28-13-11-9-7-2)36-45-47(41,42)44-34-32-39(3,4)5/h8,10,14-15,17-18,20-21,23-24,26-27,37H,6-7,9,11-13,16,19,22,25,28-36H2,1-5H3/p+1/b10-8-,15-14-,18-17-,21-20-,24-23-,27-26-. The van der Waals surface area contributed by atoms with Crippen molar-refractivity contribution in [2.24, 2.45) is 0 Å². The third-order valence-electron chi connectivity index (χ3n) is 6.80. The van der Waals surface area contributed by atoms with E-state index in [1.807, 2.05) is 33.3 Å². The molecule has 8 nitrogen and oxygen atoms in total. The Balaban J connectivity index is 4.40.